The monoisotopic (exact) mass is 374 g/mol. The van der Waals surface area contributed by atoms with Gasteiger partial charge in [0.1, 0.15) is 11.6 Å². The second-order valence-corrected chi connectivity index (χ2v) is 8.07. The summed E-state index contributed by atoms with van der Waals surface area (Å²) in [5.41, 5.74) is 2.49. The average molecular weight is 374 g/mol. The van der Waals surface area contributed by atoms with Gasteiger partial charge >= 0.3 is 7.60 Å². The third-order valence-electron chi connectivity index (χ3n) is 4.02. The van der Waals surface area contributed by atoms with E-state index in [1.807, 2.05) is 44.2 Å². The number of nitrogens with zero attached hydrogens (tertiary/aromatic N) is 2. The third-order valence-corrected chi connectivity index (χ3v) is 4.73. The molecule has 0 radical (unpaired) electrons. The lowest BCUT2D eigenvalue weighted by Gasteiger charge is -2.14. The lowest BCUT2D eigenvalue weighted by molar-refractivity contribution is 0.370. The van der Waals surface area contributed by atoms with E-state index in [0.717, 1.165) is 5.56 Å². The van der Waals surface area contributed by atoms with E-state index in [1.165, 1.54) is 12.1 Å². The summed E-state index contributed by atoms with van der Waals surface area (Å²) < 4.78 is 26.8. The Morgan fingerprint density at radius 1 is 1.08 bits per heavy atom. The highest BCUT2D eigenvalue weighted by atomic mass is 31.2. The average Bonchev–Trinajstić information content (AvgIpc) is 2.94. The van der Waals surface area contributed by atoms with Gasteiger partial charge in [-0.05, 0) is 30.2 Å². The van der Waals surface area contributed by atoms with Gasteiger partial charge in [-0.15, -0.1) is 0 Å². The van der Waals surface area contributed by atoms with Gasteiger partial charge in [-0.25, -0.2) is 9.37 Å². The molecule has 7 heteroatoms. The molecule has 0 fully saturated rings. The standard InChI is InChI=1S/C19H20FN2O3P/c1-13(2)18-17(12-26(23,24)25)22(16-10-8-15(20)9-11-16)19(21-18)14-6-4-3-5-7-14/h3-11,13H,12H2,1-2H3,(H2,23,24,25). The molecule has 3 aromatic rings. The Morgan fingerprint density at radius 3 is 2.23 bits per heavy atom. The largest absolute Gasteiger partial charge is 0.331 e. The number of hydrogen-bond donors (Lipinski definition) is 2. The van der Waals surface area contributed by atoms with Crippen LogP contribution in [0.5, 0.6) is 0 Å². The SMILES string of the molecule is CC(C)c1nc(-c2ccccc2)n(-c2ccc(F)cc2)c1CP(=O)(O)O. The van der Waals surface area contributed by atoms with Crippen molar-refractivity contribution in [2.24, 2.45) is 0 Å². The Hall–Kier alpha value is -2.27. The van der Waals surface area contributed by atoms with Crippen molar-refractivity contribution < 1.29 is 18.7 Å². The predicted molar refractivity (Wildman–Crippen MR) is 98.8 cm³/mol. The zero-order chi connectivity index (χ0) is 18.9. The van der Waals surface area contributed by atoms with Gasteiger partial charge in [0.2, 0.25) is 0 Å². The maximum absolute atomic E-state index is 13.4. The van der Waals surface area contributed by atoms with E-state index < -0.39 is 13.8 Å². The molecule has 2 N–H and O–H groups in total. The Labute approximate surface area is 151 Å². The van der Waals surface area contributed by atoms with Crippen molar-refractivity contribution in [3.8, 4) is 17.1 Å². The highest BCUT2D eigenvalue weighted by Gasteiger charge is 2.27. The van der Waals surface area contributed by atoms with E-state index in [1.54, 1.807) is 16.7 Å². The first-order chi connectivity index (χ1) is 12.3. The molecular weight excluding hydrogens is 354 g/mol. The van der Waals surface area contributed by atoms with E-state index in [0.29, 0.717) is 22.9 Å². The second kappa shape index (κ2) is 7.16. The summed E-state index contributed by atoms with van der Waals surface area (Å²) in [6, 6.07) is 15.2. The smallest absolute Gasteiger partial charge is 0.324 e. The van der Waals surface area contributed by atoms with Crippen LogP contribution in [0.25, 0.3) is 17.1 Å². The van der Waals surface area contributed by atoms with Gasteiger partial charge < -0.3 is 9.79 Å². The molecular formula is C19H20FN2O3P. The zero-order valence-corrected chi connectivity index (χ0v) is 15.4. The minimum Gasteiger partial charge on any atom is -0.324 e. The number of hydrogen-bond acceptors (Lipinski definition) is 2. The molecule has 2 aromatic carbocycles. The first kappa shape index (κ1) is 18.5. The number of benzene rings is 2. The van der Waals surface area contributed by atoms with E-state index in [2.05, 4.69) is 4.98 Å². The minimum atomic E-state index is -4.32. The van der Waals surface area contributed by atoms with Crippen molar-refractivity contribution in [1.82, 2.24) is 9.55 Å². The molecule has 1 heterocycles. The summed E-state index contributed by atoms with van der Waals surface area (Å²) in [6.07, 6.45) is -0.433. The van der Waals surface area contributed by atoms with Gasteiger partial charge in [0, 0.05) is 11.3 Å². The van der Waals surface area contributed by atoms with Crippen molar-refractivity contribution >= 4 is 7.60 Å². The molecule has 5 nitrogen and oxygen atoms in total. The molecule has 0 aliphatic heterocycles. The minimum absolute atomic E-state index is 0.0271. The fraction of sp³-hybridized carbons (Fsp3) is 0.211. The molecule has 0 amide bonds. The maximum atomic E-state index is 13.4. The molecule has 0 bridgehead atoms. The fourth-order valence-corrected chi connectivity index (χ4v) is 3.62. The van der Waals surface area contributed by atoms with Crippen LogP contribution in [0.3, 0.4) is 0 Å². The fourth-order valence-electron chi connectivity index (χ4n) is 2.93. The van der Waals surface area contributed by atoms with E-state index >= 15 is 0 Å². The Bertz CT molecular complexity index is 947. The summed E-state index contributed by atoms with van der Waals surface area (Å²) in [6.45, 7) is 3.85. The van der Waals surface area contributed by atoms with Gasteiger partial charge in [0.15, 0.2) is 0 Å². The van der Waals surface area contributed by atoms with E-state index in [9.17, 15) is 18.7 Å². The van der Waals surface area contributed by atoms with Crippen molar-refractivity contribution in [1.29, 1.82) is 0 Å². The number of aromatic nitrogens is 2. The molecule has 3 rings (SSSR count). The van der Waals surface area contributed by atoms with Gasteiger partial charge in [-0.3, -0.25) is 9.13 Å². The lowest BCUT2D eigenvalue weighted by atomic mass is 10.1. The number of rotatable bonds is 5. The molecule has 0 unspecified atom stereocenters. The van der Waals surface area contributed by atoms with Crippen LogP contribution < -0.4 is 0 Å². The molecule has 0 saturated carbocycles. The normalized spacial score (nSPS) is 11.9. The van der Waals surface area contributed by atoms with Crippen LogP contribution in [0.15, 0.2) is 54.6 Å². The van der Waals surface area contributed by atoms with Crippen LogP contribution in [0.2, 0.25) is 0 Å². The highest BCUT2D eigenvalue weighted by Crippen LogP contribution is 2.43. The van der Waals surface area contributed by atoms with Crippen molar-refractivity contribution in [2.45, 2.75) is 25.9 Å². The molecule has 136 valence electrons. The highest BCUT2D eigenvalue weighted by molar-refractivity contribution is 7.50. The van der Waals surface area contributed by atoms with Gasteiger partial charge in [0.25, 0.3) is 0 Å². The predicted octanol–water partition coefficient (Wildman–Crippen LogP) is 4.48. The number of halogens is 1. The van der Waals surface area contributed by atoms with Crippen molar-refractivity contribution in [3.05, 3.63) is 71.8 Å². The van der Waals surface area contributed by atoms with Crippen molar-refractivity contribution in [3.63, 3.8) is 0 Å². The van der Waals surface area contributed by atoms with Gasteiger partial charge in [0.05, 0.1) is 17.5 Å². The summed E-state index contributed by atoms with van der Waals surface area (Å²) in [5.74, 6) is 0.167. The molecule has 26 heavy (non-hydrogen) atoms. The summed E-state index contributed by atoms with van der Waals surface area (Å²) in [4.78, 5) is 23.9. The van der Waals surface area contributed by atoms with Gasteiger partial charge in [-0.1, -0.05) is 44.2 Å². The Balaban J connectivity index is 2.32. The van der Waals surface area contributed by atoms with Crippen LogP contribution >= 0.6 is 7.60 Å². The molecule has 0 atom stereocenters. The lowest BCUT2D eigenvalue weighted by Crippen LogP contribution is -2.05. The molecule has 0 spiro atoms. The molecule has 1 aromatic heterocycles. The maximum Gasteiger partial charge on any atom is 0.331 e. The third kappa shape index (κ3) is 3.93. The van der Waals surface area contributed by atoms with Crippen LogP contribution in [-0.2, 0) is 10.7 Å². The molecule has 0 aliphatic carbocycles. The van der Waals surface area contributed by atoms with Crippen LogP contribution in [0.1, 0.15) is 31.2 Å². The number of imidazole rings is 1. The Morgan fingerprint density at radius 2 is 1.69 bits per heavy atom. The van der Waals surface area contributed by atoms with Crippen molar-refractivity contribution in [2.75, 3.05) is 0 Å². The topological polar surface area (TPSA) is 75.4 Å². The zero-order valence-electron chi connectivity index (χ0n) is 14.5. The van der Waals surface area contributed by atoms with Crippen LogP contribution in [0, 0.1) is 5.82 Å². The Kier molecular flexibility index (Phi) is 5.10. The van der Waals surface area contributed by atoms with Crippen LogP contribution in [-0.4, -0.2) is 19.3 Å². The molecule has 0 saturated heterocycles. The summed E-state index contributed by atoms with van der Waals surface area (Å²) in [7, 11) is -4.32. The second-order valence-electron chi connectivity index (χ2n) is 6.42. The quantitative estimate of drug-likeness (QED) is 0.646. The van der Waals surface area contributed by atoms with Gasteiger partial charge in [-0.2, -0.15) is 0 Å². The summed E-state index contributed by atoms with van der Waals surface area (Å²) in [5, 5.41) is 0. The molecule has 0 aliphatic rings. The van der Waals surface area contributed by atoms with E-state index in [4.69, 9.17) is 0 Å². The first-order valence-electron chi connectivity index (χ1n) is 8.23. The first-order valence-corrected chi connectivity index (χ1v) is 10.0. The summed E-state index contributed by atoms with van der Waals surface area (Å²) >= 11 is 0. The van der Waals surface area contributed by atoms with Crippen LogP contribution in [0.4, 0.5) is 4.39 Å². The van der Waals surface area contributed by atoms with E-state index in [-0.39, 0.29) is 11.7 Å².